The number of carbonyl (C=O) groups is 1. The standard InChI is InChI=1S/C11H18N4O2/c12-14-13-7-11(16)15-5-6-17-8-9-3-1-2-4-10(9)15/h9-10H,1-8H2. The van der Waals surface area contributed by atoms with Crippen molar-refractivity contribution in [2.45, 2.75) is 31.7 Å². The van der Waals surface area contributed by atoms with Crippen LogP contribution in [0.5, 0.6) is 0 Å². The van der Waals surface area contributed by atoms with Crippen LogP contribution < -0.4 is 0 Å². The zero-order valence-corrected chi connectivity index (χ0v) is 9.92. The number of ether oxygens (including phenoxy) is 1. The van der Waals surface area contributed by atoms with Crippen LogP contribution in [0.3, 0.4) is 0 Å². The van der Waals surface area contributed by atoms with E-state index in [1.165, 1.54) is 12.8 Å². The zero-order valence-electron chi connectivity index (χ0n) is 9.92. The first-order valence-corrected chi connectivity index (χ1v) is 6.21. The Hall–Kier alpha value is -1.26. The minimum absolute atomic E-state index is 0.0646. The third kappa shape index (κ3) is 2.90. The maximum atomic E-state index is 12.0. The third-order valence-corrected chi connectivity index (χ3v) is 3.67. The Bertz CT molecular complexity index is 327. The maximum Gasteiger partial charge on any atom is 0.228 e. The first-order valence-electron chi connectivity index (χ1n) is 6.21. The van der Waals surface area contributed by atoms with E-state index in [0.29, 0.717) is 19.1 Å². The summed E-state index contributed by atoms with van der Waals surface area (Å²) in [7, 11) is 0. The predicted octanol–water partition coefficient (Wildman–Crippen LogP) is 1.71. The van der Waals surface area contributed by atoms with Crippen LogP contribution in [-0.2, 0) is 9.53 Å². The molecule has 2 unspecified atom stereocenters. The van der Waals surface area contributed by atoms with Crippen molar-refractivity contribution in [3.63, 3.8) is 0 Å². The van der Waals surface area contributed by atoms with Gasteiger partial charge in [-0.25, -0.2) is 0 Å². The van der Waals surface area contributed by atoms with Crippen LogP contribution in [0.2, 0.25) is 0 Å². The van der Waals surface area contributed by atoms with E-state index in [4.69, 9.17) is 10.3 Å². The minimum Gasteiger partial charge on any atom is -0.379 e. The van der Waals surface area contributed by atoms with Crippen molar-refractivity contribution in [3.8, 4) is 0 Å². The molecule has 6 heteroatoms. The van der Waals surface area contributed by atoms with Crippen LogP contribution >= 0.6 is 0 Å². The molecule has 94 valence electrons. The van der Waals surface area contributed by atoms with Crippen LogP contribution in [0.15, 0.2) is 5.11 Å². The van der Waals surface area contributed by atoms with Gasteiger partial charge in [-0.05, 0) is 18.4 Å². The number of hydrogen-bond acceptors (Lipinski definition) is 3. The third-order valence-electron chi connectivity index (χ3n) is 3.67. The molecule has 0 aromatic carbocycles. The number of hydrogen-bond donors (Lipinski definition) is 0. The number of amides is 1. The lowest BCUT2D eigenvalue weighted by atomic mass is 9.84. The van der Waals surface area contributed by atoms with Crippen molar-refractivity contribution in [2.24, 2.45) is 11.0 Å². The number of azide groups is 1. The fourth-order valence-electron chi connectivity index (χ4n) is 2.85. The molecule has 1 amide bonds. The fourth-order valence-corrected chi connectivity index (χ4v) is 2.85. The topological polar surface area (TPSA) is 78.3 Å². The molecule has 2 fully saturated rings. The Labute approximate surface area is 101 Å². The van der Waals surface area contributed by atoms with Crippen molar-refractivity contribution < 1.29 is 9.53 Å². The van der Waals surface area contributed by atoms with Gasteiger partial charge in [0.05, 0.1) is 13.2 Å². The van der Waals surface area contributed by atoms with Crippen molar-refractivity contribution in [1.29, 1.82) is 0 Å². The highest BCUT2D eigenvalue weighted by Gasteiger charge is 2.34. The summed E-state index contributed by atoms with van der Waals surface area (Å²) >= 11 is 0. The van der Waals surface area contributed by atoms with E-state index in [0.717, 1.165) is 19.4 Å². The summed E-state index contributed by atoms with van der Waals surface area (Å²) in [6.07, 6.45) is 4.58. The molecule has 1 saturated heterocycles. The molecule has 0 aromatic heterocycles. The first kappa shape index (κ1) is 12.2. The van der Waals surface area contributed by atoms with Gasteiger partial charge in [0.15, 0.2) is 0 Å². The maximum absolute atomic E-state index is 12.0. The van der Waals surface area contributed by atoms with Crippen LogP contribution in [0, 0.1) is 5.92 Å². The van der Waals surface area contributed by atoms with Crippen LogP contribution in [0.1, 0.15) is 25.7 Å². The molecule has 2 atom stereocenters. The molecule has 2 rings (SSSR count). The second-order valence-electron chi connectivity index (χ2n) is 4.66. The van der Waals surface area contributed by atoms with Gasteiger partial charge in [-0.1, -0.05) is 18.0 Å². The highest BCUT2D eigenvalue weighted by Crippen LogP contribution is 2.30. The summed E-state index contributed by atoms with van der Waals surface area (Å²) in [6, 6.07) is 0.285. The summed E-state index contributed by atoms with van der Waals surface area (Å²) in [4.78, 5) is 16.5. The van der Waals surface area contributed by atoms with Crippen molar-refractivity contribution in [3.05, 3.63) is 10.4 Å². The normalized spacial score (nSPS) is 28.8. The van der Waals surface area contributed by atoms with E-state index >= 15 is 0 Å². The molecular weight excluding hydrogens is 220 g/mol. The Kier molecular flexibility index (Phi) is 4.23. The monoisotopic (exact) mass is 238 g/mol. The van der Waals surface area contributed by atoms with Gasteiger partial charge in [0.2, 0.25) is 5.91 Å². The molecule has 1 heterocycles. The van der Waals surface area contributed by atoms with Gasteiger partial charge >= 0.3 is 0 Å². The fraction of sp³-hybridized carbons (Fsp3) is 0.909. The molecule has 0 bridgehead atoms. The highest BCUT2D eigenvalue weighted by atomic mass is 16.5. The largest absolute Gasteiger partial charge is 0.379 e. The van der Waals surface area contributed by atoms with Gasteiger partial charge in [0.25, 0.3) is 0 Å². The molecule has 1 saturated carbocycles. The molecule has 17 heavy (non-hydrogen) atoms. The molecule has 0 radical (unpaired) electrons. The van der Waals surface area contributed by atoms with Crippen molar-refractivity contribution >= 4 is 5.91 Å². The second kappa shape index (κ2) is 5.89. The Balaban J connectivity index is 2.06. The predicted molar refractivity (Wildman–Crippen MR) is 62.3 cm³/mol. The van der Waals surface area contributed by atoms with E-state index in [2.05, 4.69) is 10.0 Å². The summed E-state index contributed by atoms with van der Waals surface area (Å²) in [5.74, 6) is 0.395. The zero-order chi connectivity index (χ0) is 12.1. The minimum atomic E-state index is -0.0697. The van der Waals surface area contributed by atoms with E-state index in [1.54, 1.807) is 0 Å². The number of carbonyl (C=O) groups excluding carboxylic acids is 1. The van der Waals surface area contributed by atoms with Crippen molar-refractivity contribution in [1.82, 2.24) is 4.90 Å². The number of nitrogens with zero attached hydrogens (tertiary/aromatic N) is 4. The molecule has 2 aliphatic rings. The molecule has 0 aromatic rings. The molecule has 1 aliphatic heterocycles. The smallest absolute Gasteiger partial charge is 0.228 e. The van der Waals surface area contributed by atoms with Crippen LogP contribution in [0.4, 0.5) is 0 Å². The summed E-state index contributed by atoms with van der Waals surface area (Å²) in [5, 5.41) is 3.36. The average molecular weight is 238 g/mol. The van der Waals surface area contributed by atoms with Crippen LogP contribution in [0.25, 0.3) is 10.4 Å². The average Bonchev–Trinajstić information content (AvgIpc) is 2.58. The number of fused-ring (bicyclic) bond motifs is 1. The Morgan fingerprint density at radius 2 is 2.29 bits per heavy atom. The Morgan fingerprint density at radius 3 is 3.12 bits per heavy atom. The van der Waals surface area contributed by atoms with Gasteiger partial charge in [-0.2, -0.15) is 0 Å². The first-order chi connectivity index (χ1) is 8.33. The van der Waals surface area contributed by atoms with Gasteiger partial charge in [-0.3, -0.25) is 4.79 Å². The molecule has 0 spiro atoms. The van der Waals surface area contributed by atoms with Crippen molar-refractivity contribution in [2.75, 3.05) is 26.3 Å². The summed E-state index contributed by atoms with van der Waals surface area (Å²) < 4.78 is 5.55. The van der Waals surface area contributed by atoms with E-state index < -0.39 is 0 Å². The van der Waals surface area contributed by atoms with Gasteiger partial charge in [0.1, 0.15) is 6.54 Å². The quantitative estimate of drug-likeness (QED) is 0.417. The van der Waals surface area contributed by atoms with E-state index in [1.807, 2.05) is 4.90 Å². The van der Waals surface area contributed by atoms with E-state index in [9.17, 15) is 4.79 Å². The second-order valence-corrected chi connectivity index (χ2v) is 4.66. The molecule has 1 aliphatic carbocycles. The van der Waals surface area contributed by atoms with Gasteiger partial charge in [-0.15, -0.1) is 0 Å². The van der Waals surface area contributed by atoms with Crippen LogP contribution in [-0.4, -0.2) is 43.2 Å². The molecule has 0 N–H and O–H groups in total. The molecule has 6 nitrogen and oxygen atoms in total. The lowest BCUT2D eigenvalue weighted by Gasteiger charge is -2.37. The van der Waals surface area contributed by atoms with E-state index in [-0.39, 0.29) is 18.5 Å². The lowest BCUT2D eigenvalue weighted by molar-refractivity contribution is -0.133. The number of rotatable bonds is 2. The summed E-state index contributed by atoms with van der Waals surface area (Å²) in [6.45, 7) is 1.91. The lowest BCUT2D eigenvalue weighted by Crippen LogP contribution is -2.47. The molecular formula is C11H18N4O2. The Morgan fingerprint density at radius 1 is 1.47 bits per heavy atom. The summed E-state index contributed by atoms with van der Waals surface area (Å²) in [5.41, 5.74) is 8.26. The van der Waals surface area contributed by atoms with Gasteiger partial charge < -0.3 is 9.64 Å². The SMILES string of the molecule is [N-]=[N+]=NCC(=O)N1CCOCC2CCCCC21. The van der Waals surface area contributed by atoms with Gasteiger partial charge in [0, 0.05) is 23.4 Å². The highest BCUT2D eigenvalue weighted by molar-refractivity contribution is 5.78.